The summed E-state index contributed by atoms with van der Waals surface area (Å²) in [4.78, 5) is 32.9. The Labute approximate surface area is 196 Å². The van der Waals surface area contributed by atoms with Crippen molar-refractivity contribution < 1.29 is 18.7 Å². The van der Waals surface area contributed by atoms with Crippen molar-refractivity contribution in [3.05, 3.63) is 47.9 Å². The Morgan fingerprint density at radius 1 is 1.15 bits per heavy atom. The Hall–Kier alpha value is -3.86. The third kappa shape index (κ3) is 5.20. The van der Waals surface area contributed by atoms with Gasteiger partial charge in [0.2, 0.25) is 5.95 Å². The smallest absolute Gasteiger partial charge is 0.327 e. The summed E-state index contributed by atoms with van der Waals surface area (Å²) < 4.78 is 26.3. The van der Waals surface area contributed by atoms with Crippen molar-refractivity contribution in [1.82, 2.24) is 24.8 Å². The molecule has 1 amide bonds. The van der Waals surface area contributed by atoms with E-state index < -0.39 is 5.82 Å². The molecule has 3 heterocycles. The number of carbonyl (C=O) groups is 1. The molecule has 34 heavy (non-hydrogen) atoms. The second-order valence-electron chi connectivity index (χ2n) is 8.32. The molecule has 1 aliphatic rings. The molecule has 1 fully saturated rings. The van der Waals surface area contributed by atoms with Crippen LogP contribution in [0.3, 0.4) is 0 Å². The third-order valence-electron chi connectivity index (χ3n) is 5.14. The average molecular weight is 468 g/mol. The number of benzene rings is 1. The maximum absolute atomic E-state index is 14.8. The Morgan fingerprint density at radius 2 is 1.88 bits per heavy atom. The summed E-state index contributed by atoms with van der Waals surface area (Å²) in [5, 5.41) is 0. The number of nitrogen functional groups attached to an aromatic ring is 1. The normalized spacial score (nSPS) is 18.0. The molecule has 178 valence electrons. The number of anilines is 2. The number of halogens is 1. The number of carbonyl (C=O) groups excluding carboxylic acids is 1. The first-order valence-corrected chi connectivity index (χ1v) is 10.8. The van der Waals surface area contributed by atoms with Crippen molar-refractivity contribution in [2.75, 3.05) is 37.8 Å². The molecule has 2 aromatic heterocycles. The molecule has 0 aliphatic carbocycles. The second-order valence-corrected chi connectivity index (χ2v) is 8.32. The van der Waals surface area contributed by atoms with Gasteiger partial charge in [-0.25, -0.2) is 9.37 Å². The van der Waals surface area contributed by atoms with Gasteiger partial charge in [-0.05, 0) is 44.2 Å². The average Bonchev–Trinajstić information content (AvgIpc) is 2.79. The number of aromatic nitrogens is 4. The number of rotatable bonds is 5. The fourth-order valence-electron chi connectivity index (χ4n) is 3.61. The van der Waals surface area contributed by atoms with Gasteiger partial charge in [0.25, 0.3) is 5.91 Å². The molecule has 2 atom stereocenters. The number of nitrogens with zero attached hydrogens (tertiary/aromatic N) is 6. The molecular weight excluding hydrogens is 441 g/mol. The van der Waals surface area contributed by atoms with E-state index in [0.29, 0.717) is 36.2 Å². The van der Waals surface area contributed by atoms with Gasteiger partial charge in [-0.15, -0.1) is 0 Å². The van der Waals surface area contributed by atoms with Gasteiger partial charge in [0.15, 0.2) is 17.4 Å². The summed E-state index contributed by atoms with van der Waals surface area (Å²) >= 11 is 0. The van der Waals surface area contributed by atoms with Crippen LogP contribution < -0.4 is 15.4 Å². The highest BCUT2D eigenvalue weighted by Gasteiger charge is 2.26. The lowest BCUT2D eigenvalue weighted by molar-refractivity contribution is -0.00576. The SMILES string of the molecule is CC1CN(c2nc(Oc3ccc(C(=O)N(C)C)cc3F)nc(-c3ccc(N)nc3)n2)CC(C)O1. The second kappa shape index (κ2) is 9.56. The summed E-state index contributed by atoms with van der Waals surface area (Å²) in [5.41, 5.74) is 6.51. The van der Waals surface area contributed by atoms with Crippen molar-refractivity contribution in [2.24, 2.45) is 0 Å². The Kier molecular flexibility index (Phi) is 6.55. The van der Waals surface area contributed by atoms with Gasteiger partial charge in [0, 0.05) is 44.5 Å². The Bertz CT molecular complexity index is 1180. The van der Waals surface area contributed by atoms with E-state index in [1.807, 2.05) is 18.7 Å². The first-order valence-electron chi connectivity index (χ1n) is 10.8. The molecule has 1 saturated heterocycles. The largest absolute Gasteiger partial charge is 0.421 e. The van der Waals surface area contributed by atoms with Gasteiger partial charge in [0.1, 0.15) is 5.82 Å². The predicted molar refractivity (Wildman–Crippen MR) is 124 cm³/mol. The zero-order valence-corrected chi connectivity index (χ0v) is 19.4. The number of hydrogen-bond acceptors (Lipinski definition) is 9. The minimum atomic E-state index is -0.709. The maximum atomic E-state index is 14.8. The summed E-state index contributed by atoms with van der Waals surface area (Å²) in [6.07, 6.45) is 1.50. The van der Waals surface area contributed by atoms with E-state index in [4.69, 9.17) is 15.2 Å². The molecule has 2 N–H and O–H groups in total. The summed E-state index contributed by atoms with van der Waals surface area (Å²) in [5.74, 6) is -0.101. The molecule has 11 heteroatoms. The molecule has 3 aromatic rings. The van der Waals surface area contributed by atoms with Crippen LogP contribution in [0.5, 0.6) is 11.8 Å². The van der Waals surface area contributed by atoms with Crippen LogP contribution in [0.25, 0.3) is 11.4 Å². The van der Waals surface area contributed by atoms with Crippen molar-refractivity contribution in [3.63, 3.8) is 0 Å². The fourth-order valence-corrected chi connectivity index (χ4v) is 3.61. The quantitative estimate of drug-likeness (QED) is 0.604. The number of hydrogen-bond donors (Lipinski definition) is 1. The van der Waals surface area contributed by atoms with Gasteiger partial charge in [-0.2, -0.15) is 15.0 Å². The van der Waals surface area contributed by atoms with Crippen LogP contribution in [0.15, 0.2) is 36.5 Å². The minimum Gasteiger partial charge on any atom is -0.421 e. The van der Waals surface area contributed by atoms with Crippen molar-refractivity contribution in [2.45, 2.75) is 26.1 Å². The topological polar surface area (TPSA) is 120 Å². The molecule has 0 saturated carbocycles. The van der Waals surface area contributed by atoms with E-state index in [-0.39, 0.29) is 35.4 Å². The van der Waals surface area contributed by atoms with E-state index in [0.717, 1.165) is 6.07 Å². The van der Waals surface area contributed by atoms with Crippen LogP contribution in [-0.2, 0) is 4.74 Å². The van der Waals surface area contributed by atoms with Gasteiger partial charge < -0.3 is 25.0 Å². The molecule has 0 radical (unpaired) electrons. The van der Waals surface area contributed by atoms with E-state index in [2.05, 4.69) is 19.9 Å². The maximum Gasteiger partial charge on any atom is 0.327 e. The van der Waals surface area contributed by atoms with Crippen LogP contribution in [0.1, 0.15) is 24.2 Å². The number of morpholine rings is 1. The van der Waals surface area contributed by atoms with Crippen LogP contribution in [0.2, 0.25) is 0 Å². The molecule has 4 rings (SSSR count). The standard InChI is InChI=1S/C23H26FN7O3/c1-13-11-31(12-14(2)33-13)22-27-20(16-6-8-19(25)26-10-16)28-23(29-22)34-18-7-5-15(9-17(18)24)21(32)30(3)4/h5-10,13-14H,11-12H2,1-4H3,(H2,25,26). The van der Waals surface area contributed by atoms with Crippen LogP contribution in [-0.4, -0.2) is 70.1 Å². The zero-order valence-electron chi connectivity index (χ0n) is 19.4. The lowest BCUT2D eigenvalue weighted by Crippen LogP contribution is -2.46. The van der Waals surface area contributed by atoms with E-state index in [9.17, 15) is 9.18 Å². The van der Waals surface area contributed by atoms with Crippen LogP contribution in [0, 0.1) is 5.82 Å². The summed E-state index contributed by atoms with van der Waals surface area (Å²) in [6, 6.07) is 7.26. The Balaban J connectivity index is 1.71. The predicted octanol–water partition coefficient (Wildman–Crippen LogP) is 2.76. The number of ether oxygens (including phenoxy) is 2. The molecule has 0 bridgehead atoms. The summed E-state index contributed by atoms with van der Waals surface area (Å²) in [6.45, 7) is 5.09. The monoisotopic (exact) mass is 467 g/mol. The number of pyridine rings is 1. The first-order chi connectivity index (χ1) is 16.2. The molecule has 1 aromatic carbocycles. The molecule has 2 unspecified atom stereocenters. The fraction of sp³-hybridized carbons (Fsp3) is 0.348. The van der Waals surface area contributed by atoms with Crippen molar-refractivity contribution in [3.8, 4) is 23.1 Å². The number of amides is 1. The highest BCUT2D eigenvalue weighted by atomic mass is 19.1. The van der Waals surface area contributed by atoms with Gasteiger partial charge >= 0.3 is 6.01 Å². The lowest BCUT2D eigenvalue weighted by Gasteiger charge is -2.35. The zero-order chi connectivity index (χ0) is 24.4. The molecule has 1 aliphatic heterocycles. The van der Waals surface area contributed by atoms with Gasteiger partial charge in [-0.1, -0.05) is 0 Å². The Morgan fingerprint density at radius 3 is 2.50 bits per heavy atom. The van der Waals surface area contributed by atoms with E-state index in [1.165, 1.54) is 17.0 Å². The van der Waals surface area contributed by atoms with Gasteiger partial charge in [0.05, 0.1) is 12.2 Å². The van der Waals surface area contributed by atoms with E-state index >= 15 is 0 Å². The third-order valence-corrected chi connectivity index (χ3v) is 5.14. The van der Waals surface area contributed by atoms with Crippen molar-refractivity contribution in [1.29, 1.82) is 0 Å². The molecule has 0 spiro atoms. The lowest BCUT2D eigenvalue weighted by atomic mass is 10.2. The highest BCUT2D eigenvalue weighted by molar-refractivity contribution is 5.94. The first kappa shape index (κ1) is 23.3. The summed E-state index contributed by atoms with van der Waals surface area (Å²) in [7, 11) is 3.19. The van der Waals surface area contributed by atoms with E-state index in [1.54, 1.807) is 32.4 Å². The molecule has 10 nitrogen and oxygen atoms in total. The van der Waals surface area contributed by atoms with Crippen LogP contribution >= 0.6 is 0 Å². The molecular formula is C23H26FN7O3. The van der Waals surface area contributed by atoms with Gasteiger partial charge in [-0.3, -0.25) is 4.79 Å². The number of nitrogens with two attached hydrogens (primary N) is 1. The van der Waals surface area contributed by atoms with Crippen LogP contribution in [0.4, 0.5) is 16.2 Å². The highest BCUT2D eigenvalue weighted by Crippen LogP contribution is 2.28. The minimum absolute atomic E-state index is 0.0225. The van der Waals surface area contributed by atoms with Crippen molar-refractivity contribution >= 4 is 17.7 Å².